The molecule has 0 aliphatic carbocycles. The van der Waals surface area contributed by atoms with Crippen molar-refractivity contribution in [3.8, 4) is 5.75 Å². The molecule has 0 fully saturated rings. The number of rotatable bonds is 10. The number of carbonyl (C=O) groups is 1. The smallest absolute Gasteiger partial charge is 0.335 e. The lowest BCUT2D eigenvalue weighted by molar-refractivity contribution is -0.147. The lowest BCUT2D eigenvalue weighted by Gasteiger charge is -2.38. The molecule has 0 heterocycles. The molecule has 28 heavy (non-hydrogen) atoms. The number of carboxylic acid groups (broad SMARTS) is 1. The van der Waals surface area contributed by atoms with Crippen molar-refractivity contribution >= 4 is 14.3 Å². The highest BCUT2D eigenvalue weighted by Crippen LogP contribution is 2.37. The van der Waals surface area contributed by atoms with E-state index in [9.17, 15) is 9.90 Å². The quantitative estimate of drug-likeness (QED) is 0.245. The first-order valence-corrected chi connectivity index (χ1v) is 11.6. The second-order valence-electron chi connectivity index (χ2n) is 7.72. The van der Waals surface area contributed by atoms with Crippen molar-refractivity contribution in [3.05, 3.63) is 50.7 Å². The summed E-state index contributed by atoms with van der Waals surface area (Å²) in [5.74, 6) is -0.614. The van der Waals surface area contributed by atoms with Gasteiger partial charge in [0.1, 0.15) is 12.4 Å². The minimum Gasteiger partial charge on any atom is -0.490 e. The summed E-state index contributed by atoms with van der Waals surface area (Å²) in [6, 6.07) is 5.99. The number of azide groups is 2. The Bertz CT molecular complexity index is 765. The summed E-state index contributed by atoms with van der Waals surface area (Å²) < 4.78 is 11.5. The lowest BCUT2D eigenvalue weighted by Crippen LogP contribution is -2.47. The maximum atomic E-state index is 11.6. The Morgan fingerprint density at radius 1 is 1.21 bits per heavy atom. The summed E-state index contributed by atoms with van der Waals surface area (Å²) in [7, 11) is -2.26. The van der Waals surface area contributed by atoms with E-state index >= 15 is 0 Å². The molecule has 0 saturated heterocycles. The molecule has 1 aromatic rings. The number of hydrogen-bond donors (Lipinski definition) is 1. The molecule has 2 atom stereocenters. The van der Waals surface area contributed by atoms with Gasteiger partial charge in [0.15, 0.2) is 14.4 Å². The second-order valence-corrected chi connectivity index (χ2v) is 12.5. The highest BCUT2D eigenvalue weighted by Gasteiger charge is 2.41. The average Bonchev–Trinajstić information content (AvgIpc) is 2.61. The third kappa shape index (κ3) is 6.79. The Morgan fingerprint density at radius 3 is 2.29 bits per heavy atom. The Labute approximate surface area is 164 Å². The molecule has 11 heteroatoms. The van der Waals surface area contributed by atoms with Gasteiger partial charge in [0, 0.05) is 16.4 Å². The summed E-state index contributed by atoms with van der Waals surface area (Å²) in [6.07, 6.45) is -1.07. The first-order valence-electron chi connectivity index (χ1n) is 8.70. The number of carboxylic acids is 1. The van der Waals surface area contributed by atoms with Crippen LogP contribution in [0.5, 0.6) is 5.75 Å². The van der Waals surface area contributed by atoms with Crippen molar-refractivity contribution in [1.82, 2.24) is 0 Å². The van der Waals surface area contributed by atoms with Gasteiger partial charge < -0.3 is 14.3 Å². The molecule has 152 valence electrons. The van der Waals surface area contributed by atoms with Crippen LogP contribution in [0.3, 0.4) is 0 Å². The van der Waals surface area contributed by atoms with Crippen molar-refractivity contribution in [2.75, 3.05) is 13.2 Å². The highest BCUT2D eigenvalue weighted by molar-refractivity contribution is 6.74. The van der Waals surface area contributed by atoms with Gasteiger partial charge in [0.05, 0.1) is 6.04 Å². The molecule has 1 N–H and O–H groups in total. The minimum atomic E-state index is -2.26. The molecule has 0 aliphatic heterocycles. The maximum Gasteiger partial charge on any atom is 0.335 e. The molecule has 0 aromatic heterocycles. The molecule has 1 aromatic carbocycles. The molecule has 1 rings (SSSR count). The SMILES string of the molecule is CC(C)(C)[Si](C)(C)O[C@H](COc1ccc(C(CN=[N+]=[N-])N=[N+]=[N-])cc1)C(=O)O. The second kappa shape index (κ2) is 10.0. The van der Waals surface area contributed by atoms with Gasteiger partial charge in [-0.25, -0.2) is 4.79 Å². The van der Waals surface area contributed by atoms with Crippen LogP contribution in [0.4, 0.5) is 0 Å². The van der Waals surface area contributed by atoms with Crippen LogP contribution in [0.2, 0.25) is 18.1 Å². The summed E-state index contributed by atoms with van der Waals surface area (Å²) in [4.78, 5) is 17.0. The molecule has 0 aliphatic rings. The monoisotopic (exact) mass is 406 g/mol. The zero-order valence-electron chi connectivity index (χ0n) is 16.7. The Kier molecular flexibility index (Phi) is 8.33. The van der Waals surface area contributed by atoms with E-state index in [1.807, 2.05) is 33.9 Å². The number of aliphatic carboxylic acids is 1. The molecule has 0 saturated carbocycles. The van der Waals surface area contributed by atoms with Gasteiger partial charge in [-0.1, -0.05) is 43.1 Å². The van der Waals surface area contributed by atoms with Crippen molar-refractivity contribution in [1.29, 1.82) is 0 Å². The van der Waals surface area contributed by atoms with Crippen molar-refractivity contribution < 1.29 is 19.1 Å². The average molecular weight is 407 g/mol. The molecule has 10 nitrogen and oxygen atoms in total. The Morgan fingerprint density at radius 2 is 1.82 bits per heavy atom. The van der Waals surface area contributed by atoms with Crippen molar-refractivity contribution in [2.24, 2.45) is 10.2 Å². The molecule has 0 spiro atoms. The van der Waals surface area contributed by atoms with Crippen LogP contribution in [0.1, 0.15) is 32.4 Å². The lowest BCUT2D eigenvalue weighted by atomic mass is 10.1. The summed E-state index contributed by atoms with van der Waals surface area (Å²) in [5, 5.41) is 16.4. The largest absolute Gasteiger partial charge is 0.490 e. The van der Waals surface area contributed by atoms with Gasteiger partial charge in [0.2, 0.25) is 0 Å². The summed E-state index contributed by atoms with van der Waals surface area (Å²) in [5.41, 5.74) is 17.7. The van der Waals surface area contributed by atoms with Gasteiger partial charge in [0.25, 0.3) is 0 Å². The van der Waals surface area contributed by atoms with Gasteiger partial charge >= 0.3 is 5.97 Å². The summed E-state index contributed by atoms with van der Waals surface area (Å²) in [6.45, 7) is 9.95. The Hall–Kier alpha value is -2.71. The van der Waals surface area contributed by atoms with Crippen LogP contribution in [0.25, 0.3) is 20.9 Å². The van der Waals surface area contributed by atoms with Gasteiger partial charge in [-0.3, -0.25) is 0 Å². The van der Waals surface area contributed by atoms with Crippen molar-refractivity contribution in [3.63, 3.8) is 0 Å². The van der Waals surface area contributed by atoms with E-state index < -0.39 is 26.4 Å². The number of hydrogen-bond acceptors (Lipinski definition) is 5. The molecular formula is C17H26N6O4Si. The van der Waals surface area contributed by atoms with Crippen LogP contribution in [0, 0.1) is 0 Å². The van der Waals surface area contributed by atoms with Crippen LogP contribution in [-0.2, 0) is 9.22 Å². The van der Waals surface area contributed by atoms with E-state index in [1.54, 1.807) is 24.3 Å². The number of nitrogens with zero attached hydrogens (tertiary/aromatic N) is 6. The minimum absolute atomic E-state index is 0.00219. The molecule has 1 unspecified atom stereocenters. The standard InChI is InChI=1S/C17H26N6O4Si/c1-17(2,3)28(4,5)27-15(16(24)25)11-26-13-8-6-12(7-9-13)14(21-23-19)10-20-22-18/h6-9,14-15H,10-11H2,1-5H3,(H,24,25)/t14?,15-/m1/s1. The van der Waals surface area contributed by atoms with Crippen LogP contribution in [-0.4, -0.2) is 38.6 Å². The van der Waals surface area contributed by atoms with E-state index in [0.717, 1.165) is 0 Å². The first kappa shape index (κ1) is 23.3. The topological polar surface area (TPSA) is 153 Å². The van der Waals surface area contributed by atoms with Gasteiger partial charge in [-0.2, -0.15) is 0 Å². The fraction of sp³-hybridized carbons (Fsp3) is 0.588. The number of benzene rings is 1. The van der Waals surface area contributed by atoms with E-state index in [-0.39, 0.29) is 18.2 Å². The van der Waals surface area contributed by atoms with E-state index in [0.29, 0.717) is 11.3 Å². The molecule has 0 amide bonds. The van der Waals surface area contributed by atoms with E-state index in [4.69, 9.17) is 20.2 Å². The fourth-order valence-corrected chi connectivity index (χ4v) is 3.26. The van der Waals surface area contributed by atoms with E-state index in [2.05, 4.69) is 20.1 Å². The predicted octanol–water partition coefficient (Wildman–Crippen LogP) is 5.20. The van der Waals surface area contributed by atoms with Crippen molar-refractivity contribution in [2.45, 2.75) is 51.0 Å². The zero-order chi connectivity index (χ0) is 21.4. The Balaban J connectivity index is 2.83. The molecular weight excluding hydrogens is 380 g/mol. The zero-order valence-corrected chi connectivity index (χ0v) is 17.7. The van der Waals surface area contributed by atoms with Crippen LogP contribution < -0.4 is 4.74 Å². The third-order valence-corrected chi connectivity index (χ3v) is 9.18. The maximum absolute atomic E-state index is 11.6. The van der Waals surface area contributed by atoms with Crippen LogP contribution in [0.15, 0.2) is 34.5 Å². The number of ether oxygens (including phenoxy) is 1. The van der Waals surface area contributed by atoms with Crippen LogP contribution >= 0.6 is 0 Å². The highest BCUT2D eigenvalue weighted by atomic mass is 28.4. The first-order chi connectivity index (χ1) is 13.0. The fourth-order valence-electron chi connectivity index (χ4n) is 2.03. The summed E-state index contributed by atoms with van der Waals surface area (Å²) >= 11 is 0. The predicted molar refractivity (Wildman–Crippen MR) is 108 cm³/mol. The van der Waals surface area contributed by atoms with Gasteiger partial charge in [-0.15, -0.1) is 0 Å². The third-order valence-electron chi connectivity index (χ3n) is 4.69. The normalized spacial score (nSPS) is 13.6. The molecule has 0 bridgehead atoms. The molecule has 0 radical (unpaired) electrons. The van der Waals surface area contributed by atoms with Gasteiger partial charge in [-0.05, 0) is 46.9 Å². The van der Waals surface area contributed by atoms with E-state index in [1.165, 1.54) is 0 Å².